The lowest BCUT2D eigenvalue weighted by Crippen LogP contribution is -2.48. The van der Waals surface area contributed by atoms with Gasteiger partial charge in [-0.2, -0.15) is 0 Å². The van der Waals surface area contributed by atoms with Crippen molar-refractivity contribution in [3.8, 4) is 11.5 Å². The molecule has 1 fully saturated rings. The van der Waals surface area contributed by atoms with Gasteiger partial charge in [0.05, 0.1) is 33.1 Å². The molecule has 0 radical (unpaired) electrons. The molecule has 2 heterocycles. The molecule has 4 rings (SSSR count). The number of rotatable bonds is 11. The summed E-state index contributed by atoms with van der Waals surface area (Å²) in [5.41, 5.74) is 2.75. The van der Waals surface area contributed by atoms with Crippen LogP contribution < -0.4 is 25.0 Å². The van der Waals surface area contributed by atoms with Gasteiger partial charge in [-0.1, -0.05) is 18.2 Å². The summed E-state index contributed by atoms with van der Waals surface area (Å²) < 4.78 is 21.8. The van der Waals surface area contributed by atoms with Crippen LogP contribution in [0.15, 0.2) is 59.2 Å². The third-order valence-corrected chi connectivity index (χ3v) is 6.80. The van der Waals surface area contributed by atoms with E-state index in [9.17, 15) is 14.4 Å². The second kappa shape index (κ2) is 13.2. The summed E-state index contributed by atoms with van der Waals surface area (Å²) in [5.74, 6) is -0.437. The molecule has 1 aliphatic rings. The van der Waals surface area contributed by atoms with Crippen molar-refractivity contribution in [3.63, 3.8) is 0 Å². The topological polar surface area (TPSA) is 119 Å². The number of benzene rings is 2. The van der Waals surface area contributed by atoms with Crippen LogP contribution in [0.3, 0.4) is 0 Å². The van der Waals surface area contributed by atoms with E-state index in [0.29, 0.717) is 35.9 Å². The average molecular weight is 550 g/mol. The molecule has 3 aromatic rings. The smallest absolute Gasteiger partial charge is 0.287 e. The van der Waals surface area contributed by atoms with Crippen LogP contribution in [0.4, 0.5) is 5.69 Å². The minimum Gasteiger partial charge on any atom is -0.493 e. The molecule has 40 heavy (non-hydrogen) atoms. The molecule has 1 aliphatic heterocycles. The van der Waals surface area contributed by atoms with Gasteiger partial charge in [0.15, 0.2) is 17.3 Å². The van der Waals surface area contributed by atoms with Crippen LogP contribution in [0.25, 0.3) is 0 Å². The molecule has 10 nitrogen and oxygen atoms in total. The number of hydrogen-bond acceptors (Lipinski definition) is 7. The predicted octanol–water partition coefficient (Wildman–Crippen LogP) is 3.71. The Morgan fingerprint density at radius 1 is 1.02 bits per heavy atom. The summed E-state index contributed by atoms with van der Waals surface area (Å²) in [6.07, 6.45) is 3.07. The van der Waals surface area contributed by atoms with Crippen molar-refractivity contribution in [2.24, 2.45) is 0 Å². The number of nitrogens with zero attached hydrogens (tertiary/aromatic N) is 1. The summed E-state index contributed by atoms with van der Waals surface area (Å²) in [7, 11) is 3.03. The Labute approximate surface area is 233 Å². The van der Waals surface area contributed by atoms with Crippen LogP contribution in [0.5, 0.6) is 11.5 Å². The molecule has 10 heteroatoms. The van der Waals surface area contributed by atoms with E-state index < -0.39 is 23.8 Å². The number of carbonyl (C=O) groups is 3. The van der Waals surface area contributed by atoms with Crippen molar-refractivity contribution in [3.05, 3.63) is 77.2 Å². The van der Waals surface area contributed by atoms with Crippen molar-refractivity contribution in [1.82, 2.24) is 10.6 Å². The number of aryl methyl sites for hydroxylation is 2. The van der Waals surface area contributed by atoms with Gasteiger partial charge in [-0.05, 0) is 73.7 Å². The van der Waals surface area contributed by atoms with Gasteiger partial charge in [0.1, 0.15) is 6.04 Å². The largest absolute Gasteiger partial charge is 0.493 e. The molecule has 0 saturated carbocycles. The zero-order valence-corrected chi connectivity index (χ0v) is 23.2. The molecule has 2 aromatic carbocycles. The van der Waals surface area contributed by atoms with E-state index in [1.54, 1.807) is 24.3 Å². The van der Waals surface area contributed by atoms with Gasteiger partial charge in [0, 0.05) is 18.8 Å². The Balaban J connectivity index is 1.75. The highest BCUT2D eigenvalue weighted by molar-refractivity contribution is 6.04. The van der Waals surface area contributed by atoms with E-state index in [0.717, 1.165) is 24.0 Å². The second-order valence-electron chi connectivity index (χ2n) is 9.61. The number of hydrogen-bond donors (Lipinski definition) is 2. The summed E-state index contributed by atoms with van der Waals surface area (Å²) in [6.45, 7) is 4.38. The van der Waals surface area contributed by atoms with Crippen LogP contribution in [-0.2, 0) is 14.3 Å². The van der Waals surface area contributed by atoms with Crippen LogP contribution in [-0.4, -0.2) is 57.7 Å². The first-order chi connectivity index (χ1) is 19.3. The van der Waals surface area contributed by atoms with E-state index in [2.05, 4.69) is 10.6 Å². The monoisotopic (exact) mass is 549 g/mol. The molecule has 0 unspecified atom stereocenters. The molecule has 1 saturated heterocycles. The minimum atomic E-state index is -1.09. The summed E-state index contributed by atoms with van der Waals surface area (Å²) >= 11 is 0. The highest BCUT2D eigenvalue weighted by atomic mass is 16.5. The van der Waals surface area contributed by atoms with Crippen LogP contribution in [0.2, 0.25) is 0 Å². The van der Waals surface area contributed by atoms with Gasteiger partial charge in [0.2, 0.25) is 11.8 Å². The zero-order valence-electron chi connectivity index (χ0n) is 23.2. The molecular weight excluding hydrogens is 514 g/mol. The van der Waals surface area contributed by atoms with Gasteiger partial charge in [-0.3, -0.25) is 19.3 Å². The van der Waals surface area contributed by atoms with Crippen molar-refractivity contribution in [1.29, 1.82) is 0 Å². The first-order valence-corrected chi connectivity index (χ1v) is 13.1. The van der Waals surface area contributed by atoms with Crippen LogP contribution in [0, 0.1) is 13.8 Å². The fraction of sp³-hybridized carbons (Fsp3) is 0.367. The van der Waals surface area contributed by atoms with E-state index >= 15 is 0 Å². The Morgan fingerprint density at radius 3 is 2.50 bits per heavy atom. The van der Waals surface area contributed by atoms with Gasteiger partial charge in [-0.15, -0.1) is 0 Å². The summed E-state index contributed by atoms with van der Waals surface area (Å²) in [5, 5.41) is 5.60. The van der Waals surface area contributed by atoms with Gasteiger partial charge >= 0.3 is 0 Å². The van der Waals surface area contributed by atoms with Crippen molar-refractivity contribution in [2.45, 2.75) is 38.8 Å². The zero-order chi connectivity index (χ0) is 28.6. The number of amides is 3. The number of nitrogens with one attached hydrogen (secondary N) is 2. The second-order valence-corrected chi connectivity index (χ2v) is 9.61. The first-order valence-electron chi connectivity index (χ1n) is 13.1. The predicted molar refractivity (Wildman–Crippen MR) is 149 cm³/mol. The van der Waals surface area contributed by atoms with Gasteiger partial charge in [0.25, 0.3) is 5.91 Å². The lowest BCUT2D eigenvalue weighted by molar-refractivity contribution is -0.126. The third-order valence-electron chi connectivity index (χ3n) is 6.80. The van der Waals surface area contributed by atoms with Gasteiger partial charge < -0.3 is 29.3 Å². The maximum Gasteiger partial charge on any atom is 0.287 e. The maximum atomic E-state index is 14.0. The molecule has 1 aromatic heterocycles. The molecule has 2 N–H and O–H groups in total. The third kappa shape index (κ3) is 6.63. The number of carbonyl (C=O) groups excluding carboxylic acids is 3. The van der Waals surface area contributed by atoms with E-state index in [1.807, 2.05) is 32.0 Å². The number of ether oxygens (including phenoxy) is 3. The highest BCUT2D eigenvalue weighted by Crippen LogP contribution is 2.36. The molecule has 0 aliphatic carbocycles. The lowest BCUT2D eigenvalue weighted by atomic mass is 10.00. The van der Waals surface area contributed by atoms with E-state index in [4.69, 9.17) is 18.6 Å². The number of methoxy groups -OCH3 is 2. The number of anilines is 1. The maximum absolute atomic E-state index is 14.0. The van der Waals surface area contributed by atoms with Crippen molar-refractivity contribution >= 4 is 23.4 Å². The van der Waals surface area contributed by atoms with E-state index in [-0.39, 0.29) is 18.4 Å². The molecule has 0 spiro atoms. The first kappa shape index (κ1) is 28.7. The van der Waals surface area contributed by atoms with Crippen molar-refractivity contribution in [2.75, 3.05) is 38.8 Å². The molecule has 0 bridgehead atoms. The molecule has 2 atom stereocenters. The fourth-order valence-electron chi connectivity index (χ4n) is 4.69. The van der Waals surface area contributed by atoms with Gasteiger partial charge in [-0.25, -0.2) is 0 Å². The summed E-state index contributed by atoms with van der Waals surface area (Å²) in [4.78, 5) is 41.9. The Hall–Kier alpha value is -4.31. The Kier molecular flexibility index (Phi) is 9.44. The molecule has 3 amide bonds. The molecule has 212 valence electrons. The molecular formula is C30H35N3O7. The van der Waals surface area contributed by atoms with E-state index in [1.165, 1.54) is 31.4 Å². The lowest BCUT2D eigenvalue weighted by Gasteiger charge is -2.33. The average Bonchev–Trinajstić information content (AvgIpc) is 3.69. The Bertz CT molecular complexity index is 1330. The van der Waals surface area contributed by atoms with Crippen LogP contribution >= 0.6 is 0 Å². The minimum absolute atomic E-state index is 0.0804. The number of furan rings is 1. The quantitative estimate of drug-likeness (QED) is 0.374. The Morgan fingerprint density at radius 2 is 1.82 bits per heavy atom. The standard InChI is InChI=1S/C30H35N3O7/c1-19-9-10-20(2)23(15-19)33(27(34)18-32-29(35)25-8-6-14-40-25)28(30(36)31-17-22-7-5-13-39-22)21-11-12-24(37-3)26(16-21)38-4/h6,8-12,14-16,22,28H,5,7,13,17-18H2,1-4H3,(H,31,36)(H,32,35)/t22-,28-/m1/s1. The van der Waals surface area contributed by atoms with Crippen molar-refractivity contribution < 1.29 is 33.0 Å². The highest BCUT2D eigenvalue weighted by Gasteiger charge is 2.35. The summed E-state index contributed by atoms with van der Waals surface area (Å²) in [6, 6.07) is 12.8. The SMILES string of the molecule is COc1ccc([C@H](C(=O)NC[C@H]2CCCO2)N(C(=O)CNC(=O)c2ccco2)c2cc(C)ccc2C)cc1OC. The normalized spacial score (nSPS) is 15.2. The fourth-order valence-corrected chi connectivity index (χ4v) is 4.69. The van der Waals surface area contributed by atoms with Crippen LogP contribution in [0.1, 0.15) is 46.1 Å².